The van der Waals surface area contributed by atoms with Crippen LogP contribution in [0.2, 0.25) is 0 Å². The number of carbonyl (C=O) groups excluding carboxylic acids is 2. The summed E-state index contributed by atoms with van der Waals surface area (Å²) in [6.07, 6.45) is 0. The summed E-state index contributed by atoms with van der Waals surface area (Å²) in [5.41, 5.74) is 4.89. The number of amides is 2. The minimum atomic E-state index is -0.545. The molecular weight excluding hydrogens is 268 g/mol. The first kappa shape index (κ1) is 15.2. The summed E-state index contributed by atoms with van der Waals surface area (Å²) in [6, 6.07) is 3.37. The molecule has 0 aromatic carbocycles. The molecule has 0 unspecified atom stereocenters. The molecule has 6 nitrogen and oxygen atoms in total. The third-order valence-electron chi connectivity index (χ3n) is 1.90. The number of hydrogen-bond donors (Lipinski definition) is 3. The van der Waals surface area contributed by atoms with Crippen molar-refractivity contribution >= 4 is 23.2 Å². The lowest BCUT2D eigenvalue weighted by Crippen LogP contribution is -2.28. The molecule has 0 aliphatic rings. The zero-order valence-corrected chi connectivity index (χ0v) is 11.0. The second kappa shape index (κ2) is 8.26. The van der Waals surface area contributed by atoms with Gasteiger partial charge in [0.15, 0.2) is 0 Å². The number of nitrogens with two attached hydrogens (primary N) is 1. The molecule has 4 N–H and O–H groups in total. The molecule has 0 saturated heterocycles. The first-order valence-corrected chi connectivity index (χ1v) is 6.29. The third-order valence-corrected chi connectivity index (χ3v) is 2.90. The van der Waals surface area contributed by atoms with Crippen LogP contribution in [0.15, 0.2) is 12.1 Å². The standard InChI is InChI=1S/C12H14N2O4S/c13-11(16)8-18-7-5-14-12(17)10-4-3-9(19-10)2-1-6-15/h3-4,15H,5-8H2,(H2,13,16)(H,14,17). The van der Waals surface area contributed by atoms with Crippen LogP contribution in [0.1, 0.15) is 14.5 Å². The number of carbonyl (C=O) groups is 2. The van der Waals surface area contributed by atoms with Gasteiger partial charge in [0.2, 0.25) is 5.91 Å². The van der Waals surface area contributed by atoms with E-state index in [4.69, 9.17) is 15.6 Å². The van der Waals surface area contributed by atoms with Crippen LogP contribution < -0.4 is 11.1 Å². The van der Waals surface area contributed by atoms with Crippen molar-refractivity contribution in [1.29, 1.82) is 0 Å². The summed E-state index contributed by atoms with van der Waals surface area (Å²) in [5.74, 6) is 4.45. The average Bonchev–Trinajstić information content (AvgIpc) is 2.84. The Morgan fingerprint density at radius 1 is 1.47 bits per heavy atom. The van der Waals surface area contributed by atoms with Gasteiger partial charge in [-0.25, -0.2) is 0 Å². The molecule has 0 atom stereocenters. The van der Waals surface area contributed by atoms with Crippen molar-refractivity contribution in [3.63, 3.8) is 0 Å². The first-order valence-electron chi connectivity index (χ1n) is 5.47. The lowest BCUT2D eigenvalue weighted by Gasteiger charge is -2.03. The lowest BCUT2D eigenvalue weighted by atomic mass is 10.4. The number of ether oxygens (including phenoxy) is 1. The molecule has 0 fully saturated rings. The fraction of sp³-hybridized carbons (Fsp3) is 0.333. The van der Waals surface area contributed by atoms with Crippen molar-refractivity contribution < 1.29 is 19.4 Å². The Hall–Kier alpha value is -1.88. The van der Waals surface area contributed by atoms with Gasteiger partial charge in [0.25, 0.3) is 5.91 Å². The largest absolute Gasteiger partial charge is 0.384 e. The van der Waals surface area contributed by atoms with Crippen molar-refractivity contribution in [2.45, 2.75) is 0 Å². The molecule has 1 rings (SSSR count). The molecule has 0 radical (unpaired) electrons. The number of thiophene rings is 1. The fourth-order valence-corrected chi connectivity index (χ4v) is 1.95. The van der Waals surface area contributed by atoms with Crippen molar-refractivity contribution in [2.24, 2.45) is 5.73 Å². The van der Waals surface area contributed by atoms with Crippen LogP contribution in [0, 0.1) is 11.8 Å². The summed E-state index contributed by atoms with van der Waals surface area (Å²) in [7, 11) is 0. The number of rotatable bonds is 6. The third kappa shape index (κ3) is 6.01. The lowest BCUT2D eigenvalue weighted by molar-refractivity contribution is -0.122. The van der Waals surface area contributed by atoms with E-state index in [1.807, 2.05) is 0 Å². The van der Waals surface area contributed by atoms with Gasteiger partial charge in [-0.3, -0.25) is 9.59 Å². The maximum Gasteiger partial charge on any atom is 0.261 e. The summed E-state index contributed by atoms with van der Waals surface area (Å²) < 4.78 is 4.90. The fourth-order valence-electron chi connectivity index (χ4n) is 1.15. The van der Waals surface area contributed by atoms with Gasteiger partial charge in [0.1, 0.15) is 13.2 Å². The van der Waals surface area contributed by atoms with E-state index in [1.54, 1.807) is 12.1 Å². The SMILES string of the molecule is NC(=O)COCCNC(=O)c1ccc(C#CCO)s1. The van der Waals surface area contributed by atoms with Crippen LogP contribution in [-0.2, 0) is 9.53 Å². The van der Waals surface area contributed by atoms with Gasteiger partial charge in [0.05, 0.1) is 16.4 Å². The van der Waals surface area contributed by atoms with Gasteiger partial charge in [-0.1, -0.05) is 11.8 Å². The van der Waals surface area contributed by atoms with Crippen LogP contribution in [0.25, 0.3) is 0 Å². The van der Waals surface area contributed by atoms with Crippen LogP contribution in [-0.4, -0.2) is 43.3 Å². The van der Waals surface area contributed by atoms with E-state index in [0.717, 1.165) is 0 Å². The molecule has 7 heteroatoms. The summed E-state index contributed by atoms with van der Waals surface area (Å²) in [6.45, 7) is 0.144. The highest BCUT2D eigenvalue weighted by atomic mass is 32.1. The molecule has 0 aliphatic heterocycles. The van der Waals surface area contributed by atoms with Gasteiger partial charge >= 0.3 is 0 Å². The van der Waals surface area contributed by atoms with E-state index in [-0.39, 0.29) is 25.7 Å². The monoisotopic (exact) mass is 282 g/mol. The van der Waals surface area contributed by atoms with Gasteiger partial charge in [-0.15, -0.1) is 11.3 Å². The predicted molar refractivity (Wildman–Crippen MR) is 70.6 cm³/mol. The predicted octanol–water partition coefficient (Wildman–Crippen LogP) is -0.676. The molecule has 102 valence electrons. The Kier molecular flexibility index (Phi) is 6.60. The van der Waals surface area contributed by atoms with Crippen molar-refractivity contribution in [2.75, 3.05) is 26.4 Å². The number of primary amides is 1. The minimum Gasteiger partial charge on any atom is -0.384 e. The van der Waals surface area contributed by atoms with Crippen LogP contribution in [0.5, 0.6) is 0 Å². The highest BCUT2D eigenvalue weighted by molar-refractivity contribution is 7.14. The highest BCUT2D eigenvalue weighted by Crippen LogP contribution is 2.14. The quantitative estimate of drug-likeness (QED) is 0.475. The highest BCUT2D eigenvalue weighted by Gasteiger charge is 2.07. The number of hydrogen-bond acceptors (Lipinski definition) is 5. The number of nitrogens with one attached hydrogen (secondary N) is 1. The number of aliphatic hydroxyl groups excluding tert-OH is 1. The van der Waals surface area contributed by atoms with E-state index in [2.05, 4.69) is 17.2 Å². The maximum atomic E-state index is 11.7. The minimum absolute atomic E-state index is 0.157. The van der Waals surface area contributed by atoms with E-state index in [0.29, 0.717) is 16.3 Å². The topological polar surface area (TPSA) is 102 Å². The van der Waals surface area contributed by atoms with Crippen LogP contribution >= 0.6 is 11.3 Å². The average molecular weight is 282 g/mol. The molecule has 0 spiro atoms. The zero-order chi connectivity index (χ0) is 14.1. The molecule has 0 saturated carbocycles. The Balaban J connectivity index is 2.33. The van der Waals surface area contributed by atoms with Gasteiger partial charge in [-0.2, -0.15) is 0 Å². The van der Waals surface area contributed by atoms with Crippen molar-refractivity contribution in [3.05, 3.63) is 21.9 Å². The van der Waals surface area contributed by atoms with Crippen LogP contribution in [0.4, 0.5) is 0 Å². The Morgan fingerprint density at radius 2 is 2.26 bits per heavy atom. The van der Waals surface area contributed by atoms with E-state index in [1.165, 1.54) is 11.3 Å². The molecule has 19 heavy (non-hydrogen) atoms. The van der Waals surface area contributed by atoms with E-state index in [9.17, 15) is 9.59 Å². The molecule has 1 heterocycles. The molecular formula is C12H14N2O4S. The normalized spacial score (nSPS) is 9.53. The molecule has 0 aliphatic carbocycles. The smallest absolute Gasteiger partial charge is 0.261 e. The molecule has 0 bridgehead atoms. The van der Waals surface area contributed by atoms with Crippen molar-refractivity contribution in [3.8, 4) is 11.8 Å². The van der Waals surface area contributed by atoms with Crippen LogP contribution in [0.3, 0.4) is 0 Å². The summed E-state index contributed by atoms with van der Waals surface area (Å²) in [4.78, 5) is 23.3. The summed E-state index contributed by atoms with van der Waals surface area (Å²) in [5, 5.41) is 11.2. The zero-order valence-electron chi connectivity index (χ0n) is 10.1. The molecule has 2 amide bonds. The maximum absolute atomic E-state index is 11.7. The summed E-state index contributed by atoms with van der Waals surface area (Å²) >= 11 is 1.24. The Bertz CT molecular complexity index is 501. The first-order chi connectivity index (χ1) is 9.13. The van der Waals surface area contributed by atoms with Gasteiger partial charge in [-0.05, 0) is 12.1 Å². The Morgan fingerprint density at radius 3 is 2.95 bits per heavy atom. The second-order valence-electron chi connectivity index (χ2n) is 3.40. The molecule has 1 aromatic rings. The molecule has 1 aromatic heterocycles. The second-order valence-corrected chi connectivity index (χ2v) is 4.48. The number of aliphatic hydroxyl groups is 1. The van der Waals surface area contributed by atoms with Gasteiger partial charge in [0, 0.05) is 6.54 Å². The van der Waals surface area contributed by atoms with E-state index >= 15 is 0 Å². The van der Waals surface area contributed by atoms with Crippen molar-refractivity contribution in [1.82, 2.24) is 5.32 Å². The van der Waals surface area contributed by atoms with Gasteiger partial charge < -0.3 is 20.9 Å². The van der Waals surface area contributed by atoms with E-state index < -0.39 is 5.91 Å². The Labute approximate surface area is 114 Å².